The van der Waals surface area contributed by atoms with Gasteiger partial charge in [-0.3, -0.25) is 4.79 Å². The largest absolute Gasteiger partial charge is 0.412 e. The number of rotatable bonds is 1. The molecule has 1 aliphatic rings. The van der Waals surface area contributed by atoms with E-state index in [1.54, 1.807) is 13.8 Å². The molecule has 0 aromatic carbocycles. The Labute approximate surface area is 73.8 Å². The van der Waals surface area contributed by atoms with Gasteiger partial charge in [-0.25, -0.2) is 0 Å². The van der Waals surface area contributed by atoms with Crippen LogP contribution >= 0.6 is 0 Å². The Hall–Kier alpha value is -1.00. The van der Waals surface area contributed by atoms with Crippen LogP contribution in [0, 0.1) is 5.92 Å². The lowest BCUT2D eigenvalue weighted by molar-refractivity contribution is -0.148. The number of carbonyl (C=O) groups is 1. The Kier molecular flexibility index (Phi) is 2.36. The average molecular weight is 193 g/mol. The fraction of sp³-hybridized carbons (Fsp3) is 0.625. The Morgan fingerprint density at radius 1 is 1.46 bits per heavy atom. The van der Waals surface area contributed by atoms with Crippen molar-refractivity contribution < 1.29 is 18.0 Å². The van der Waals surface area contributed by atoms with Crippen molar-refractivity contribution in [3.05, 3.63) is 11.6 Å². The molecule has 0 saturated heterocycles. The first-order chi connectivity index (χ1) is 5.82. The molecule has 5 heteroatoms. The van der Waals surface area contributed by atoms with E-state index in [1.807, 2.05) is 5.32 Å². The molecule has 0 aliphatic carbocycles. The Balaban J connectivity index is 2.84. The van der Waals surface area contributed by atoms with E-state index in [0.717, 1.165) is 6.08 Å². The van der Waals surface area contributed by atoms with Gasteiger partial charge in [-0.15, -0.1) is 0 Å². The molecule has 74 valence electrons. The zero-order chi connectivity index (χ0) is 10.2. The number of nitrogens with one attached hydrogen (secondary N) is 1. The van der Waals surface area contributed by atoms with Crippen molar-refractivity contribution in [2.24, 2.45) is 5.92 Å². The number of hydrogen-bond acceptors (Lipinski definition) is 1. The van der Waals surface area contributed by atoms with Crippen LogP contribution < -0.4 is 5.32 Å². The molecule has 0 fully saturated rings. The van der Waals surface area contributed by atoms with Gasteiger partial charge in [0.05, 0.1) is 0 Å². The predicted octanol–water partition coefficient (Wildman–Crippen LogP) is 1.63. The predicted molar refractivity (Wildman–Crippen MR) is 40.9 cm³/mol. The molecule has 2 nitrogen and oxygen atoms in total. The van der Waals surface area contributed by atoms with Gasteiger partial charge in [0.2, 0.25) is 5.91 Å². The van der Waals surface area contributed by atoms with Gasteiger partial charge < -0.3 is 5.32 Å². The lowest BCUT2D eigenvalue weighted by Gasteiger charge is -2.12. The Bertz CT molecular complexity index is 255. The molecule has 0 aromatic rings. The first-order valence-electron chi connectivity index (χ1n) is 3.91. The minimum Gasteiger partial charge on any atom is -0.337 e. The highest BCUT2D eigenvalue weighted by Gasteiger charge is 2.43. The van der Waals surface area contributed by atoms with Crippen molar-refractivity contribution in [2.75, 3.05) is 0 Å². The lowest BCUT2D eigenvalue weighted by Crippen LogP contribution is -2.39. The molecular weight excluding hydrogens is 183 g/mol. The second-order valence-corrected chi connectivity index (χ2v) is 3.27. The first kappa shape index (κ1) is 10.1. The van der Waals surface area contributed by atoms with E-state index in [2.05, 4.69) is 0 Å². The van der Waals surface area contributed by atoms with E-state index >= 15 is 0 Å². The molecule has 13 heavy (non-hydrogen) atoms. The number of carbonyl (C=O) groups excluding carboxylic acids is 1. The lowest BCUT2D eigenvalue weighted by atomic mass is 10.0. The summed E-state index contributed by atoms with van der Waals surface area (Å²) in [7, 11) is 0. The molecule has 1 aliphatic heterocycles. The minimum absolute atomic E-state index is 0.174. The summed E-state index contributed by atoms with van der Waals surface area (Å²) in [6, 6.07) is -1.81. The van der Waals surface area contributed by atoms with Crippen LogP contribution in [-0.2, 0) is 4.79 Å². The van der Waals surface area contributed by atoms with Crippen LogP contribution in [0.1, 0.15) is 13.8 Å². The molecule has 0 saturated carbocycles. The van der Waals surface area contributed by atoms with E-state index < -0.39 is 18.1 Å². The maximum Gasteiger partial charge on any atom is 0.412 e. The highest BCUT2D eigenvalue weighted by atomic mass is 19.4. The highest BCUT2D eigenvalue weighted by Crippen LogP contribution is 2.27. The van der Waals surface area contributed by atoms with Gasteiger partial charge in [-0.2, -0.15) is 13.2 Å². The standard InChI is InChI=1S/C8H10F3NO/c1-4(2)5-3-6(8(9,10)11)12-7(5)13/h3-4,6H,1-2H3,(H,12,13). The summed E-state index contributed by atoms with van der Waals surface area (Å²) in [4.78, 5) is 11.0. The third kappa shape index (κ3) is 2.02. The SMILES string of the molecule is CC(C)C1=CC(C(F)(F)F)NC1=O. The van der Waals surface area contributed by atoms with Crippen molar-refractivity contribution in [2.45, 2.75) is 26.1 Å². The van der Waals surface area contributed by atoms with Crippen LogP contribution in [0.4, 0.5) is 13.2 Å². The molecule has 1 N–H and O–H groups in total. The summed E-state index contributed by atoms with van der Waals surface area (Å²) in [5, 5.41) is 1.87. The molecule has 0 aromatic heterocycles. The number of halogens is 3. The van der Waals surface area contributed by atoms with E-state index in [-0.39, 0.29) is 11.5 Å². The van der Waals surface area contributed by atoms with Crippen molar-refractivity contribution in [1.82, 2.24) is 5.32 Å². The molecule has 1 amide bonds. The quantitative estimate of drug-likeness (QED) is 0.673. The van der Waals surface area contributed by atoms with Crippen molar-refractivity contribution in [3.8, 4) is 0 Å². The second-order valence-electron chi connectivity index (χ2n) is 3.27. The first-order valence-corrected chi connectivity index (χ1v) is 3.91. The second kappa shape index (κ2) is 3.05. The zero-order valence-electron chi connectivity index (χ0n) is 7.27. The van der Waals surface area contributed by atoms with Crippen molar-refractivity contribution in [1.29, 1.82) is 0 Å². The van der Waals surface area contributed by atoms with Crippen molar-refractivity contribution in [3.63, 3.8) is 0 Å². The van der Waals surface area contributed by atoms with Gasteiger partial charge in [-0.05, 0) is 12.0 Å². The zero-order valence-corrected chi connectivity index (χ0v) is 7.27. The van der Waals surface area contributed by atoms with Crippen LogP contribution in [0.25, 0.3) is 0 Å². The molecule has 0 radical (unpaired) electrons. The normalized spacial score (nSPS) is 23.4. The molecule has 1 unspecified atom stereocenters. The topological polar surface area (TPSA) is 29.1 Å². The van der Waals surface area contributed by atoms with Crippen molar-refractivity contribution >= 4 is 5.91 Å². The Morgan fingerprint density at radius 3 is 2.23 bits per heavy atom. The molecule has 1 atom stereocenters. The maximum absolute atomic E-state index is 12.1. The van der Waals surface area contributed by atoms with Gasteiger partial charge in [-0.1, -0.05) is 13.8 Å². The number of hydrogen-bond donors (Lipinski definition) is 1. The third-order valence-corrected chi connectivity index (χ3v) is 1.87. The van der Waals surface area contributed by atoms with Gasteiger partial charge in [0.1, 0.15) is 6.04 Å². The summed E-state index contributed by atoms with van der Waals surface area (Å²) in [5.41, 5.74) is 0.210. The summed E-state index contributed by atoms with van der Waals surface area (Å²) in [6.07, 6.45) is -3.43. The van der Waals surface area contributed by atoms with Gasteiger partial charge in [0.15, 0.2) is 0 Å². The summed E-state index contributed by atoms with van der Waals surface area (Å²) >= 11 is 0. The summed E-state index contributed by atoms with van der Waals surface area (Å²) < 4.78 is 36.3. The summed E-state index contributed by atoms with van der Waals surface area (Å²) in [6.45, 7) is 3.37. The van der Waals surface area contributed by atoms with E-state index in [0.29, 0.717) is 0 Å². The molecule has 0 spiro atoms. The van der Waals surface area contributed by atoms with Crippen LogP contribution in [-0.4, -0.2) is 18.1 Å². The molecule has 0 bridgehead atoms. The van der Waals surface area contributed by atoms with E-state index in [4.69, 9.17) is 0 Å². The van der Waals surface area contributed by atoms with E-state index in [1.165, 1.54) is 0 Å². The number of amides is 1. The average Bonchev–Trinajstić information content (AvgIpc) is 2.29. The Morgan fingerprint density at radius 2 is 2.00 bits per heavy atom. The van der Waals surface area contributed by atoms with Crippen LogP contribution in [0.3, 0.4) is 0 Å². The minimum atomic E-state index is -4.38. The van der Waals surface area contributed by atoms with Gasteiger partial charge >= 0.3 is 6.18 Å². The fourth-order valence-electron chi connectivity index (χ4n) is 1.15. The summed E-state index contributed by atoms with van der Waals surface area (Å²) in [5.74, 6) is -0.787. The van der Waals surface area contributed by atoms with Crippen LogP contribution in [0.15, 0.2) is 11.6 Å². The highest BCUT2D eigenvalue weighted by molar-refractivity contribution is 5.96. The van der Waals surface area contributed by atoms with Crippen LogP contribution in [0.2, 0.25) is 0 Å². The number of alkyl halides is 3. The fourth-order valence-corrected chi connectivity index (χ4v) is 1.15. The van der Waals surface area contributed by atoms with Crippen LogP contribution in [0.5, 0.6) is 0 Å². The molecular formula is C8H10F3NO. The van der Waals surface area contributed by atoms with Gasteiger partial charge in [0, 0.05) is 5.57 Å². The monoisotopic (exact) mass is 193 g/mol. The van der Waals surface area contributed by atoms with E-state index in [9.17, 15) is 18.0 Å². The van der Waals surface area contributed by atoms with Gasteiger partial charge in [0.25, 0.3) is 0 Å². The maximum atomic E-state index is 12.1. The third-order valence-electron chi connectivity index (χ3n) is 1.87. The molecule has 1 rings (SSSR count). The smallest absolute Gasteiger partial charge is 0.337 e. The molecule has 1 heterocycles.